The molecule has 0 radical (unpaired) electrons. The van der Waals surface area contributed by atoms with Crippen LogP contribution in [-0.4, -0.2) is 36.9 Å². The molecule has 0 unspecified atom stereocenters. The number of methoxy groups -OCH3 is 1. The molecule has 0 aliphatic rings. The smallest absolute Gasteiger partial charge is 0.269 e. The van der Waals surface area contributed by atoms with Crippen molar-refractivity contribution in [3.8, 4) is 17.2 Å². The number of carbonyl (C=O) groups is 3. The predicted molar refractivity (Wildman–Crippen MR) is 112 cm³/mol. The third kappa shape index (κ3) is 5.57. The highest BCUT2D eigenvalue weighted by molar-refractivity contribution is 5.99. The second kappa shape index (κ2) is 9.88. The number of carbonyl (C=O) groups excluding carboxylic acids is 3. The van der Waals surface area contributed by atoms with E-state index in [1.54, 1.807) is 48.5 Å². The molecular weight excluding hydrogens is 400 g/mol. The number of nitrogens with zero attached hydrogens (tertiary/aromatic N) is 1. The monoisotopic (exact) mass is 420 g/mol. The van der Waals surface area contributed by atoms with Crippen LogP contribution in [0.5, 0.6) is 17.2 Å². The molecule has 0 saturated heterocycles. The Morgan fingerprint density at radius 1 is 0.774 bits per heavy atom. The SMILES string of the molecule is CNC(=O)c1cc(Oc2cccc(C(=O)NNC(=O)c3ccc(OC)cc3)c2)ccn1. The van der Waals surface area contributed by atoms with E-state index in [1.165, 1.54) is 32.5 Å². The average Bonchev–Trinajstić information content (AvgIpc) is 2.82. The molecule has 0 bridgehead atoms. The van der Waals surface area contributed by atoms with Crippen molar-refractivity contribution in [2.75, 3.05) is 14.2 Å². The van der Waals surface area contributed by atoms with Crippen LogP contribution < -0.4 is 25.6 Å². The van der Waals surface area contributed by atoms with Gasteiger partial charge in [-0.1, -0.05) is 6.07 Å². The Balaban J connectivity index is 1.63. The van der Waals surface area contributed by atoms with E-state index in [4.69, 9.17) is 9.47 Å². The van der Waals surface area contributed by atoms with Crippen molar-refractivity contribution in [3.05, 3.63) is 83.7 Å². The summed E-state index contributed by atoms with van der Waals surface area (Å²) >= 11 is 0. The molecule has 1 aromatic heterocycles. The molecule has 158 valence electrons. The highest BCUT2D eigenvalue weighted by Crippen LogP contribution is 2.22. The van der Waals surface area contributed by atoms with Gasteiger partial charge in [0.1, 0.15) is 22.9 Å². The minimum Gasteiger partial charge on any atom is -0.497 e. The van der Waals surface area contributed by atoms with Crippen LogP contribution in [-0.2, 0) is 0 Å². The largest absolute Gasteiger partial charge is 0.497 e. The van der Waals surface area contributed by atoms with Crippen molar-refractivity contribution < 1.29 is 23.9 Å². The number of amides is 3. The van der Waals surface area contributed by atoms with Gasteiger partial charge >= 0.3 is 0 Å². The minimum absolute atomic E-state index is 0.204. The molecule has 31 heavy (non-hydrogen) atoms. The Morgan fingerprint density at radius 2 is 1.45 bits per heavy atom. The first kappa shape index (κ1) is 21.3. The van der Waals surface area contributed by atoms with Gasteiger partial charge in [-0.25, -0.2) is 0 Å². The van der Waals surface area contributed by atoms with E-state index >= 15 is 0 Å². The maximum atomic E-state index is 12.4. The standard InChI is InChI=1S/C22H20N4O5/c1-23-22(29)19-13-18(10-11-24-19)31-17-5-3-4-15(12-17)21(28)26-25-20(27)14-6-8-16(30-2)9-7-14/h3-13H,1-2H3,(H,23,29)(H,25,27)(H,26,28). The summed E-state index contributed by atoms with van der Waals surface area (Å²) in [7, 11) is 3.04. The van der Waals surface area contributed by atoms with Gasteiger partial charge in [0.25, 0.3) is 17.7 Å². The molecule has 3 N–H and O–H groups in total. The highest BCUT2D eigenvalue weighted by Gasteiger charge is 2.11. The summed E-state index contributed by atoms with van der Waals surface area (Å²) in [6, 6.07) is 15.9. The van der Waals surface area contributed by atoms with E-state index in [-0.39, 0.29) is 17.2 Å². The lowest BCUT2D eigenvalue weighted by Crippen LogP contribution is -2.41. The van der Waals surface area contributed by atoms with Gasteiger partial charge < -0.3 is 14.8 Å². The topological polar surface area (TPSA) is 119 Å². The van der Waals surface area contributed by atoms with Gasteiger partial charge in [-0.15, -0.1) is 0 Å². The van der Waals surface area contributed by atoms with Crippen LogP contribution in [0.2, 0.25) is 0 Å². The number of nitrogens with one attached hydrogen (secondary N) is 3. The average molecular weight is 420 g/mol. The molecule has 0 spiro atoms. The van der Waals surface area contributed by atoms with Gasteiger partial charge in [-0.3, -0.25) is 30.2 Å². The number of aromatic nitrogens is 1. The Hall–Kier alpha value is -4.40. The fourth-order valence-corrected chi connectivity index (χ4v) is 2.56. The second-order valence-electron chi connectivity index (χ2n) is 6.22. The molecule has 1 heterocycles. The molecule has 3 amide bonds. The predicted octanol–water partition coefficient (Wildman–Crippen LogP) is 2.32. The molecule has 0 saturated carbocycles. The molecule has 3 rings (SSSR count). The number of hydrogen-bond donors (Lipinski definition) is 3. The maximum Gasteiger partial charge on any atom is 0.269 e. The van der Waals surface area contributed by atoms with Crippen LogP contribution in [0.4, 0.5) is 0 Å². The maximum absolute atomic E-state index is 12.4. The number of ether oxygens (including phenoxy) is 2. The molecule has 9 nitrogen and oxygen atoms in total. The first-order valence-electron chi connectivity index (χ1n) is 9.21. The fraction of sp³-hybridized carbons (Fsp3) is 0.0909. The number of hydrogen-bond acceptors (Lipinski definition) is 6. The molecule has 9 heteroatoms. The van der Waals surface area contributed by atoms with Gasteiger partial charge in [-0.05, 0) is 48.5 Å². The number of benzene rings is 2. The van der Waals surface area contributed by atoms with Crippen LogP contribution in [0.1, 0.15) is 31.2 Å². The lowest BCUT2D eigenvalue weighted by atomic mass is 10.2. The first-order valence-corrected chi connectivity index (χ1v) is 9.21. The quantitative estimate of drug-likeness (QED) is 0.527. The molecule has 2 aromatic carbocycles. The van der Waals surface area contributed by atoms with Crippen LogP contribution >= 0.6 is 0 Å². The molecule has 0 aliphatic heterocycles. The summed E-state index contributed by atoms with van der Waals surface area (Å²) in [6.07, 6.45) is 1.45. The van der Waals surface area contributed by atoms with Gasteiger partial charge in [0.15, 0.2) is 0 Å². The molecule has 0 aliphatic carbocycles. The van der Waals surface area contributed by atoms with Crippen molar-refractivity contribution in [3.63, 3.8) is 0 Å². The van der Waals surface area contributed by atoms with Crippen LogP contribution in [0, 0.1) is 0 Å². The summed E-state index contributed by atoms with van der Waals surface area (Å²) in [6.45, 7) is 0. The normalized spacial score (nSPS) is 10.0. The molecule has 3 aromatic rings. The zero-order valence-electron chi connectivity index (χ0n) is 16.8. The third-order valence-electron chi connectivity index (χ3n) is 4.16. The summed E-state index contributed by atoms with van der Waals surface area (Å²) in [5.74, 6) is 0.0531. The Bertz CT molecular complexity index is 1100. The lowest BCUT2D eigenvalue weighted by Gasteiger charge is -2.10. The third-order valence-corrected chi connectivity index (χ3v) is 4.16. The van der Waals surface area contributed by atoms with E-state index in [0.29, 0.717) is 22.8 Å². The van der Waals surface area contributed by atoms with Crippen molar-refractivity contribution >= 4 is 17.7 Å². The van der Waals surface area contributed by atoms with Crippen LogP contribution in [0.25, 0.3) is 0 Å². The van der Waals surface area contributed by atoms with E-state index in [9.17, 15) is 14.4 Å². The van der Waals surface area contributed by atoms with Gasteiger partial charge in [0, 0.05) is 30.4 Å². The Morgan fingerprint density at radius 3 is 2.13 bits per heavy atom. The van der Waals surface area contributed by atoms with Gasteiger partial charge in [0.05, 0.1) is 7.11 Å². The minimum atomic E-state index is -0.520. The summed E-state index contributed by atoms with van der Waals surface area (Å²) in [4.78, 5) is 40.2. The van der Waals surface area contributed by atoms with Crippen molar-refractivity contribution in [2.45, 2.75) is 0 Å². The van der Waals surface area contributed by atoms with E-state index < -0.39 is 11.8 Å². The number of hydrazine groups is 1. The zero-order valence-corrected chi connectivity index (χ0v) is 16.8. The lowest BCUT2D eigenvalue weighted by molar-refractivity contribution is 0.0846. The highest BCUT2D eigenvalue weighted by atomic mass is 16.5. The number of pyridine rings is 1. The Labute approximate surface area is 178 Å². The van der Waals surface area contributed by atoms with Crippen molar-refractivity contribution in [1.82, 2.24) is 21.2 Å². The van der Waals surface area contributed by atoms with Crippen LogP contribution in [0.3, 0.4) is 0 Å². The van der Waals surface area contributed by atoms with Gasteiger partial charge in [-0.2, -0.15) is 0 Å². The molecular formula is C22H20N4O5. The first-order chi connectivity index (χ1) is 15.0. The molecule has 0 atom stereocenters. The van der Waals surface area contributed by atoms with E-state index in [0.717, 1.165) is 0 Å². The van der Waals surface area contributed by atoms with E-state index in [1.807, 2.05) is 0 Å². The van der Waals surface area contributed by atoms with E-state index in [2.05, 4.69) is 21.2 Å². The van der Waals surface area contributed by atoms with Gasteiger partial charge in [0.2, 0.25) is 0 Å². The Kier molecular flexibility index (Phi) is 6.79. The van der Waals surface area contributed by atoms with Crippen LogP contribution in [0.15, 0.2) is 66.9 Å². The second-order valence-corrected chi connectivity index (χ2v) is 6.22. The fourth-order valence-electron chi connectivity index (χ4n) is 2.56. The summed E-state index contributed by atoms with van der Waals surface area (Å²) in [5, 5.41) is 2.49. The van der Waals surface area contributed by atoms with Crippen molar-refractivity contribution in [2.24, 2.45) is 0 Å². The van der Waals surface area contributed by atoms with Crippen molar-refractivity contribution in [1.29, 1.82) is 0 Å². The zero-order chi connectivity index (χ0) is 22.2. The summed E-state index contributed by atoms with van der Waals surface area (Å²) < 4.78 is 10.8. The summed E-state index contributed by atoms with van der Waals surface area (Å²) in [5.41, 5.74) is 5.56. The number of rotatable bonds is 6. The molecule has 0 fully saturated rings.